The van der Waals surface area contributed by atoms with E-state index in [1.165, 1.54) is 12.1 Å². The van der Waals surface area contributed by atoms with Gasteiger partial charge in [-0.2, -0.15) is 0 Å². The van der Waals surface area contributed by atoms with E-state index >= 15 is 0 Å². The van der Waals surface area contributed by atoms with Crippen LogP contribution in [0.3, 0.4) is 0 Å². The number of nitrogen functional groups attached to an aromatic ring is 1. The first kappa shape index (κ1) is 18.4. The van der Waals surface area contributed by atoms with Gasteiger partial charge in [0.05, 0.1) is 0 Å². The Morgan fingerprint density at radius 1 is 1.25 bits per heavy atom. The molecule has 144 valence electrons. The minimum atomic E-state index is -1.00. The first-order valence-electron chi connectivity index (χ1n) is 9.36. The second-order valence-electron chi connectivity index (χ2n) is 7.57. The highest BCUT2D eigenvalue weighted by atomic mass is 19.1. The molecule has 0 spiro atoms. The number of halogens is 1. The lowest BCUT2D eigenvalue weighted by Gasteiger charge is -2.30. The van der Waals surface area contributed by atoms with Crippen molar-refractivity contribution in [3.05, 3.63) is 35.9 Å². The molecular formula is C21H22FN5O. The molecule has 6 nitrogen and oxygen atoms in total. The third-order valence-electron chi connectivity index (χ3n) is 5.34. The molecule has 0 saturated heterocycles. The van der Waals surface area contributed by atoms with Crippen LogP contribution in [0, 0.1) is 23.6 Å². The van der Waals surface area contributed by atoms with Crippen LogP contribution < -0.4 is 5.73 Å². The van der Waals surface area contributed by atoms with E-state index in [1.54, 1.807) is 23.7 Å². The van der Waals surface area contributed by atoms with Crippen molar-refractivity contribution in [3.8, 4) is 23.2 Å². The Morgan fingerprint density at radius 2 is 2.00 bits per heavy atom. The summed E-state index contributed by atoms with van der Waals surface area (Å²) < 4.78 is 15.3. The van der Waals surface area contributed by atoms with Crippen LogP contribution in [0.25, 0.3) is 22.6 Å². The summed E-state index contributed by atoms with van der Waals surface area (Å²) in [5.41, 5.74) is 6.65. The van der Waals surface area contributed by atoms with E-state index in [4.69, 9.17) is 5.73 Å². The highest BCUT2D eigenvalue weighted by Gasteiger charge is 2.29. The van der Waals surface area contributed by atoms with Crippen molar-refractivity contribution in [1.29, 1.82) is 0 Å². The smallest absolute Gasteiger partial charge is 0.209 e. The molecule has 1 saturated carbocycles. The van der Waals surface area contributed by atoms with E-state index in [0.29, 0.717) is 41.3 Å². The van der Waals surface area contributed by atoms with Gasteiger partial charge in [-0.05, 0) is 49.7 Å². The first-order chi connectivity index (χ1) is 13.3. The highest BCUT2D eigenvalue weighted by molar-refractivity contribution is 5.85. The van der Waals surface area contributed by atoms with Gasteiger partial charge in [-0.1, -0.05) is 25.0 Å². The number of aliphatic hydroxyl groups is 1. The maximum atomic E-state index is 13.6. The quantitative estimate of drug-likeness (QED) is 0.634. The highest BCUT2D eigenvalue weighted by Crippen LogP contribution is 2.31. The minimum Gasteiger partial charge on any atom is -0.382 e. The van der Waals surface area contributed by atoms with Gasteiger partial charge in [0, 0.05) is 12.6 Å². The number of anilines is 1. The molecule has 1 aliphatic carbocycles. The Kier molecular flexibility index (Phi) is 4.52. The number of fused-ring (bicyclic) bond motifs is 1. The summed E-state index contributed by atoms with van der Waals surface area (Å²) in [6.45, 7) is 2.18. The molecule has 0 aliphatic heterocycles. The number of rotatable bonds is 1. The summed E-state index contributed by atoms with van der Waals surface area (Å²) >= 11 is 0. The number of hydrogen-bond donors (Lipinski definition) is 2. The van der Waals surface area contributed by atoms with Gasteiger partial charge in [0.1, 0.15) is 17.2 Å². The van der Waals surface area contributed by atoms with Crippen LogP contribution in [-0.2, 0) is 7.05 Å². The number of aromatic nitrogens is 4. The van der Waals surface area contributed by atoms with Crippen molar-refractivity contribution >= 4 is 17.0 Å². The van der Waals surface area contributed by atoms with Gasteiger partial charge < -0.3 is 15.4 Å². The zero-order chi connectivity index (χ0) is 19.9. The summed E-state index contributed by atoms with van der Waals surface area (Å²) in [7, 11) is 1.79. The molecule has 0 radical (unpaired) electrons. The van der Waals surface area contributed by atoms with Crippen molar-refractivity contribution < 1.29 is 9.50 Å². The van der Waals surface area contributed by atoms with Gasteiger partial charge >= 0.3 is 0 Å². The standard InChI is InChI=1S/C21H22FN5O/c1-13-6-9-21(28,10-7-13)11-8-16-24-18(23)17-20(25-16)27(2)19(26-17)14-4-3-5-15(22)12-14/h3-5,12-13,28H,6-7,9-10H2,1-2H3,(H2,23,24,25). The Labute approximate surface area is 162 Å². The maximum Gasteiger partial charge on any atom is 0.209 e. The van der Waals surface area contributed by atoms with Crippen LogP contribution in [0.2, 0.25) is 0 Å². The predicted octanol–water partition coefficient (Wildman–Crippen LogP) is 3.04. The fourth-order valence-corrected chi connectivity index (χ4v) is 3.56. The molecule has 3 aromatic rings. The molecule has 0 bridgehead atoms. The molecule has 4 rings (SSSR count). The minimum absolute atomic E-state index is 0.205. The number of imidazole rings is 1. The summed E-state index contributed by atoms with van der Waals surface area (Å²) in [5, 5.41) is 10.7. The van der Waals surface area contributed by atoms with Crippen LogP contribution in [0.4, 0.5) is 10.2 Å². The molecule has 0 amide bonds. The van der Waals surface area contributed by atoms with E-state index in [0.717, 1.165) is 12.8 Å². The first-order valence-corrected chi connectivity index (χ1v) is 9.36. The molecule has 1 aromatic carbocycles. The second-order valence-corrected chi connectivity index (χ2v) is 7.57. The lowest BCUT2D eigenvalue weighted by molar-refractivity contribution is 0.0471. The Morgan fingerprint density at radius 3 is 2.71 bits per heavy atom. The molecule has 7 heteroatoms. The Hall–Kier alpha value is -2.98. The lowest BCUT2D eigenvalue weighted by atomic mass is 9.80. The fraction of sp³-hybridized carbons (Fsp3) is 0.381. The van der Waals surface area contributed by atoms with Crippen molar-refractivity contribution in [3.63, 3.8) is 0 Å². The molecule has 28 heavy (non-hydrogen) atoms. The molecule has 2 aromatic heterocycles. The Bertz CT molecular complexity index is 1100. The number of aryl methyl sites for hydroxylation is 1. The van der Waals surface area contributed by atoms with Gasteiger partial charge in [0.25, 0.3) is 0 Å². The van der Waals surface area contributed by atoms with Crippen molar-refractivity contribution in [1.82, 2.24) is 19.5 Å². The summed E-state index contributed by atoms with van der Waals surface area (Å²) in [5.74, 6) is 7.08. The van der Waals surface area contributed by atoms with Gasteiger partial charge in [0.2, 0.25) is 5.82 Å². The molecule has 3 N–H and O–H groups in total. The SMILES string of the molecule is CC1CCC(O)(C#Cc2nc(N)c3nc(-c4cccc(F)c4)n(C)c3n2)CC1. The van der Waals surface area contributed by atoms with Crippen molar-refractivity contribution in [2.24, 2.45) is 13.0 Å². The van der Waals surface area contributed by atoms with Gasteiger partial charge in [-0.3, -0.25) is 0 Å². The average Bonchev–Trinajstić information content (AvgIpc) is 3.00. The van der Waals surface area contributed by atoms with E-state index < -0.39 is 5.60 Å². The van der Waals surface area contributed by atoms with E-state index in [1.807, 2.05) is 0 Å². The van der Waals surface area contributed by atoms with E-state index in [-0.39, 0.29) is 17.5 Å². The zero-order valence-electron chi connectivity index (χ0n) is 15.9. The van der Waals surface area contributed by atoms with Crippen LogP contribution in [-0.4, -0.2) is 30.2 Å². The normalized spacial score (nSPS) is 22.1. The number of hydrogen-bond acceptors (Lipinski definition) is 5. The van der Waals surface area contributed by atoms with Crippen LogP contribution in [0.1, 0.15) is 38.4 Å². The molecular weight excluding hydrogens is 357 g/mol. The summed E-state index contributed by atoms with van der Waals surface area (Å²) in [6.07, 6.45) is 3.19. The topological polar surface area (TPSA) is 89.9 Å². The molecule has 1 fully saturated rings. The largest absolute Gasteiger partial charge is 0.382 e. The van der Waals surface area contributed by atoms with Crippen molar-refractivity contribution in [2.45, 2.75) is 38.2 Å². The molecule has 0 unspecified atom stereocenters. The van der Waals surface area contributed by atoms with E-state index in [9.17, 15) is 9.50 Å². The summed E-state index contributed by atoms with van der Waals surface area (Å²) in [4.78, 5) is 13.2. The molecule has 0 atom stereocenters. The second kappa shape index (κ2) is 6.88. The van der Waals surface area contributed by atoms with E-state index in [2.05, 4.69) is 33.7 Å². The monoisotopic (exact) mass is 379 g/mol. The third-order valence-corrected chi connectivity index (χ3v) is 5.34. The lowest BCUT2D eigenvalue weighted by Crippen LogP contribution is -2.31. The van der Waals surface area contributed by atoms with Gasteiger partial charge in [-0.25, -0.2) is 19.3 Å². The fourth-order valence-electron chi connectivity index (χ4n) is 3.56. The zero-order valence-corrected chi connectivity index (χ0v) is 15.9. The van der Waals surface area contributed by atoms with Crippen LogP contribution in [0.5, 0.6) is 0 Å². The number of benzene rings is 1. The van der Waals surface area contributed by atoms with Gasteiger partial charge in [-0.15, -0.1) is 0 Å². The van der Waals surface area contributed by atoms with Crippen molar-refractivity contribution in [2.75, 3.05) is 5.73 Å². The number of nitrogens with two attached hydrogens (primary N) is 1. The summed E-state index contributed by atoms with van der Waals surface area (Å²) in [6, 6.07) is 6.19. The van der Waals surface area contributed by atoms with Gasteiger partial charge in [0.15, 0.2) is 17.0 Å². The van der Waals surface area contributed by atoms with Crippen LogP contribution >= 0.6 is 0 Å². The molecule has 1 aliphatic rings. The Balaban J connectivity index is 1.73. The predicted molar refractivity (Wildman–Crippen MR) is 106 cm³/mol. The average molecular weight is 379 g/mol. The maximum absolute atomic E-state index is 13.6. The third kappa shape index (κ3) is 3.43. The van der Waals surface area contributed by atoms with Crippen LogP contribution in [0.15, 0.2) is 24.3 Å². The number of nitrogens with zero attached hydrogens (tertiary/aromatic N) is 4. The molecule has 2 heterocycles.